The minimum Gasteiger partial charge on any atom is -0.255 e. The molecule has 76 valence electrons. The van der Waals surface area contributed by atoms with Gasteiger partial charge in [-0.2, -0.15) is 0 Å². The van der Waals surface area contributed by atoms with Gasteiger partial charge >= 0.3 is 0 Å². The van der Waals surface area contributed by atoms with Gasteiger partial charge in [0, 0.05) is 11.8 Å². The summed E-state index contributed by atoms with van der Waals surface area (Å²) in [5.74, 6) is 0. The summed E-state index contributed by atoms with van der Waals surface area (Å²) in [4.78, 5) is 4.11. The molecule has 14 heavy (non-hydrogen) atoms. The van der Waals surface area contributed by atoms with Gasteiger partial charge in [-0.25, -0.2) is 0 Å². The maximum Gasteiger partial charge on any atom is 0.0697 e. The summed E-state index contributed by atoms with van der Waals surface area (Å²) < 4.78 is 0. The van der Waals surface area contributed by atoms with Gasteiger partial charge in [-0.3, -0.25) is 4.98 Å². The van der Waals surface area contributed by atoms with Crippen LogP contribution in [0.1, 0.15) is 32.0 Å². The van der Waals surface area contributed by atoms with Crippen LogP contribution >= 0.6 is 11.6 Å². The molecule has 0 bridgehead atoms. The molecule has 2 heteroatoms. The second kappa shape index (κ2) is 7.34. The first kappa shape index (κ1) is 12.9. The van der Waals surface area contributed by atoms with Crippen LogP contribution in [0.15, 0.2) is 24.9 Å². The SMILES string of the molecule is C=Cc1ncc(Cl)cc1/C=C\C.CC. The fourth-order valence-corrected chi connectivity index (χ4v) is 1.12. The first-order chi connectivity index (χ1) is 6.77. The number of halogens is 1. The van der Waals surface area contributed by atoms with Crippen molar-refractivity contribution in [1.82, 2.24) is 4.98 Å². The van der Waals surface area contributed by atoms with Crippen molar-refractivity contribution in [3.8, 4) is 0 Å². The molecular weight excluding hydrogens is 194 g/mol. The number of aromatic nitrogens is 1. The number of hydrogen-bond donors (Lipinski definition) is 0. The summed E-state index contributed by atoms with van der Waals surface area (Å²) in [7, 11) is 0. The Morgan fingerprint density at radius 3 is 2.57 bits per heavy atom. The van der Waals surface area contributed by atoms with Gasteiger partial charge in [0.15, 0.2) is 0 Å². The second-order valence-electron chi connectivity index (χ2n) is 2.33. The molecule has 0 aliphatic heterocycles. The van der Waals surface area contributed by atoms with Crippen molar-refractivity contribution in [2.75, 3.05) is 0 Å². The van der Waals surface area contributed by atoms with Crippen LogP contribution in [0.3, 0.4) is 0 Å². The Bertz CT molecular complexity index is 316. The molecule has 1 heterocycles. The Kier molecular flexibility index (Phi) is 6.77. The molecule has 0 aliphatic rings. The average Bonchev–Trinajstić information content (AvgIpc) is 2.22. The van der Waals surface area contributed by atoms with E-state index >= 15 is 0 Å². The maximum atomic E-state index is 5.78. The summed E-state index contributed by atoms with van der Waals surface area (Å²) in [6.45, 7) is 9.62. The van der Waals surface area contributed by atoms with E-state index in [9.17, 15) is 0 Å². The third-order valence-electron chi connectivity index (χ3n) is 1.46. The monoisotopic (exact) mass is 209 g/mol. The quantitative estimate of drug-likeness (QED) is 0.702. The topological polar surface area (TPSA) is 12.9 Å². The van der Waals surface area contributed by atoms with Crippen molar-refractivity contribution in [1.29, 1.82) is 0 Å². The average molecular weight is 210 g/mol. The number of pyridine rings is 1. The fraction of sp³-hybridized carbons (Fsp3) is 0.250. The summed E-state index contributed by atoms with van der Waals surface area (Å²) >= 11 is 5.78. The second-order valence-corrected chi connectivity index (χ2v) is 2.77. The zero-order valence-corrected chi connectivity index (χ0v) is 9.67. The van der Waals surface area contributed by atoms with Crippen molar-refractivity contribution in [2.24, 2.45) is 0 Å². The molecular formula is C12H16ClN. The summed E-state index contributed by atoms with van der Waals surface area (Å²) in [5.41, 5.74) is 1.86. The molecule has 0 N–H and O–H groups in total. The Labute approximate surface area is 91.1 Å². The van der Waals surface area contributed by atoms with Crippen LogP contribution in [0.25, 0.3) is 12.2 Å². The highest BCUT2D eigenvalue weighted by atomic mass is 35.5. The molecule has 1 aromatic heterocycles. The smallest absolute Gasteiger partial charge is 0.0697 e. The van der Waals surface area contributed by atoms with Crippen molar-refractivity contribution < 1.29 is 0 Å². The van der Waals surface area contributed by atoms with E-state index < -0.39 is 0 Å². The summed E-state index contributed by atoms with van der Waals surface area (Å²) in [5, 5.41) is 0.647. The van der Waals surface area contributed by atoms with E-state index in [0.29, 0.717) is 5.02 Å². The van der Waals surface area contributed by atoms with Crippen LogP contribution in [0.5, 0.6) is 0 Å². The molecule has 0 spiro atoms. The largest absolute Gasteiger partial charge is 0.255 e. The third kappa shape index (κ3) is 3.75. The van der Waals surface area contributed by atoms with E-state index in [1.807, 2.05) is 39.0 Å². The molecule has 1 aromatic rings. The lowest BCUT2D eigenvalue weighted by atomic mass is 10.2. The van der Waals surface area contributed by atoms with Gasteiger partial charge in [-0.1, -0.05) is 44.2 Å². The van der Waals surface area contributed by atoms with Crippen molar-refractivity contribution in [3.05, 3.63) is 41.2 Å². The van der Waals surface area contributed by atoms with Crippen LogP contribution in [0, 0.1) is 0 Å². The molecule has 0 saturated heterocycles. The van der Waals surface area contributed by atoms with Gasteiger partial charge < -0.3 is 0 Å². The Balaban J connectivity index is 0.000000791. The van der Waals surface area contributed by atoms with Gasteiger partial charge in [-0.15, -0.1) is 0 Å². The molecule has 0 saturated carbocycles. The van der Waals surface area contributed by atoms with E-state index in [1.165, 1.54) is 0 Å². The number of rotatable bonds is 2. The maximum absolute atomic E-state index is 5.78. The molecule has 0 radical (unpaired) electrons. The zero-order valence-electron chi connectivity index (χ0n) is 8.92. The molecule has 0 fully saturated rings. The molecule has 0 unspecified atom stereocenters. The molecule has 0 atom stereocenters. The van der Waals surface area contributed by atoms with Gasteiger partial charge in [0.1, 0.15) is 0 Å². The number of nitrogens with zero attached hydrogens (tertiary/aromatic N) is 1. The van der Waals surface area contributed by atoms with Crippen LogP contribution < -0.4 is 0 Å². The van der Waals surface area contributed by atoms with Gasteiger partial charge in [0.25, 0.3) is 0 Å². The zero-order chi connectivity index (χ0) is 11.0. The van der Waals surface area contributed by atoms with Gasteiger partial charge in [0.05, 0.1) is 10.7 Å². The first-order valence-corrected chi connectivity index (χ1v) is 5.06. The minimum atomic E-state index is 0.647. The summed E-state index contributed by atoms with van der Waals surface area (Å²) in [6, 6.07) is 1.87. The van der Waals surface area contributed by atoms with Crippen molar-refractivity contribution in [2.45, 2.75) is 20.8 Å². The number of hydrogen-bond acceptors (Lipinski definition) is 1. The lowest BCUT2D eigenvalue weighted by Crippen LogP contribution is -1.85. The predicted octanol–water partition coefficient (Wildman–Crippen LogP) is 4.44. The third-order valence-corrected chi connectivity index (χ3v) is 1.66. The van der Waals surface area contributed by atoms with Gasteiger partial charge in [-0.05, 0) is 19.1 Å². The lowest BCUT2D eigenvalue weighted by Gasteiger charge is -1.99. The van der Waals surface area contributed by atoms with Crippen LogP contribution in [-0.4, -0.2) is 4.98 Å². The Hall–Kier alpha value is -1.08. The van der Waals surface area contributed by atoms with Crippen molar-refractivity contribution in [3.63, 3.8) is 0 Å². The number of allylic oxidation sites excluding steroid dienone is 1. The Morgan fingerprint density at radius 1 is 1.43 bits per heavy atom. The normalized spacial score (nSPS) is 9.43. The van der Waals surface area contributed by atoms with Crippen LogP contribution in [0.4, 0.5) is 0 Å². The first-order valence-electron chi connectivity index (χ1n) is 4.68. The van der Waals surface area contributed by atoms with E-state index in [-0.39, 0.29) is 0 Å². The molecule has 1 nitrogen and oxygen atoms in total. The molecule has 1 rings (SSSR count). The van der Waals surface area contributed by atoms with Crippen LogP contribution in [-0.2, 0) is 0 Å². The standard InChI is InChI=1S/C10H10ClN.C2H6/c1-3-5-8-6-9(11)7-12-10(8)4-2;1-2/h3-7H,2H2,1H3;1-2H3/b5-3-;. The highest BCUT2D eigenvalue weighted by Gasteiger charge is 1.96. The van der Waals surface area contributed by atoms with Crippen LogP contribution in [0.2, 0.25) is 5.02 Å². The molecule has 0 aliphatic carbocycles. The minimum absolute atomic E-state index is 0.647. The van der Waals surface area contributed by atoms with Crippen molar-refractivity contribution >= 4 is 23.8 Å². The molecule has 0 amide bonds. The molecule has 0 aromatic carbocycles. The predicted molar refractivity (Wildman–Crippen MR) is 65.4 cm³/mol. The van der Waals surface area contributed by atoms with E-state index in [0.717, 1.165) is 11.3 Å². The van der Waals surface area contributed by atoms with E-state index in [1.54, 1.807) is 12.3 Å². The lowest BCUT2D eigenvalue weighted by molar-refractivity contribution is 1.28. The fourth-order valence-electron chi connectivity index (χ4n) is 0.949. The van der Waals surface area contributed by atoms with E-state index in [2.05, 4.69) is 11.6 Å². The highest BCUT2D eigenvalue weighted by Crippen LogP contribution is 2.15. The Morgan fingerprint density at radius 2 is 2.07 bits per heavy atom. The van der Waals surface area contributed by atoms with Gasteiger partial charge in [0.2, 0.25) is 0 Å². The van der Waals surface area contributed by atoms with E-state index in [4.69, 9.17) is 11.6 Å². The highest BCUT2D eigenvalue weighted by molar-refractivity contribution is 6.30. The summed E-state index contributed by atoms with van der Waals surface area (Å²) in [6.07, 6.45) is 7.23.